The van der Waals surface area contributed by atoms with Crippen LogP contribution in [0.3, 0.4) is 0 Å². The highest BCUT2D eigenvalue weighted by molar-refractivity contribution is 5.82. The van der Waals surface area contributed by atoms with E-state index < -0.39 is 18.0 Å². The summed E-state index contributed by atoms with van der Waals surface area (Å²) in [5, 5.41) is 0. The minimum absolute atomic E-state index is 0.126. The Kier molecular flexibility index (Phi) is 6.34. The fourth-order valence-electron chi connectivity index (χ4n) is 2.90. The van der Waals surface area contributed by atoms with Crippen molar-refractivity contribution in [2.45, 2.75) is 40.2 Å². The van der Waals surface area contributed by atoms with Crippen LogP contribution in [-0.4, -0.2) is 18.5 Å². The van der Waals surface area contributed by atoms with Gasteiger partial charge in [-0.25, -0.2) is 4.79 Å². The summed E-state index contributed by atoms with van der Waals surface area (Å²) in [6.45, 7) is 7.93. The molecule has 0 aliphatic carbocycles. The highest BCUT2D eigenvalue weighted by Gasteiger charge is 2.26. The maximum absolute atomic E-state index is 12.5. The molecular weight excluding hydrogens is 316 g/mol. The normalized spacial score (nSPS) is 11.7. The third-order valence-electron chi connectivity index (χ3n) is 4.01. The van der Waals surface area contributed by atoms with Crippen LogP contribution in [0.5, 0.6) is 0 Å². The van der Waals surface area contributed by atoms with E-state index in [0.29, 0.717) is 5.56 Å². The molecule has 0 amide bonds. The highest BCUT2D eigenvalue weighted by Crippen LogP contribution is 2.22. The summed E-state index contributed by atoms with van der Waals surface area (Å²) in [4.78, 5) is 24.7. The minimum Gasteiger partial charge on any atom is -0.463 e. The van der Waals surface area contributed by atoms with Crippen molar-refractivity contribution in [3.8, 4) is 0 Å². The Morgan fingerprint density at radius 2 is 1.60 bits per heavy atom. The number of ether oxygens (including phenoxy) is 2. The van der Waals surface area contributed by atoms with Gasteiger partial charge in [0.2, 0.25) is 6.10 Å². The third-order valence-corrected chi connectivity index (χ3v) is 4.01. The molecule has 0 spiro atoms. The molecule has 0 saturated carbocycles. The number of hydrogen-bond acceptors (Lipinski definition) is 4. The molecule has 4 nitrogen and oxygen atoms in total. The van der Waals surface area contributed by atoms with E-state index in [1.54, 1.807) is 31.2 Å². The average molecular weight is 340 g/mol. The first-order valence-corrected chi connectivity index (χ1v) is 8.40. The zero-order valence-electron chi connectivity index (χ0n) is 15.2. The first-order valence-electron chi connectivity index (χ1n) is 8.40. The summed E-state index contributed by atoms with van der Waals surface area (Å²) >= 11 is 0. The van der Waals surface area contributed by atoms with E-state index in [1.165, 1.54) is 0 Å². The number of hydrogen-bond donors (Lipinski definition) is 0. The summed E-state index contributed by atoms with van der Waals surface area (Å²) in [6, 6.07) is 13.0. The van der Waals surface area contributed by atoms with Crippen molar-refractivity contribution >= 4 is 11.9 Å². The lowest BCUT2D eigenvalue weighted by Crippen LogP contribution is -2.23. The molecule has 1 atom stereocenters. The fourth-order valence-corrected chi connectivity index (χ4v) is 2.90. The second-order valence-electron chi connectivity index (χ2n) is 6.09. The molecule has 25 heavy (non-hydrogen) atoms. The second kappa shape index (κ2) is 8.47. The van der Waals surface area contributed by atoms with Crippen LogP contribution < -0.4 is 0 Å². The maximum Gasteiger partial charge on any atom is 0.352 e. The quantitative estimate of drug-likeness (QED) is 0.746. The van der Waals surface area contributed by atoms with Crippen LogP contribution in [0.15, 0.2) is 42.5 Å². The van der Waals surface area contributed by atoms with Gasteiger partial charge in [-0.15, -0.1) is 0 Å². The molecule has 1 unspecified atom stereocenters. The van der Waals surface area contributed by atoms with Crippen LogP contribution >= 0.6 is 0 Å². The average Bonchev–Trinajstić information content (AvgIpc) is 2.57. The predicted molar refractivity (Wildman–Crippen MR) is 96.3 cm³/mol. The molecule has 2 aromatic rings. The molecule has 0 N–H and O–H groups in total. The van der Waals surface area contributed by atoms with Gasteiger partial charge in [0.15, 0.2) is 0 Å². The van der Waals surface area contributed by atoms with Crippen LogP contribution in [0.4, 0.5) is 0 Å². The van der Waals surface area contributed by atoms with Crippen molar-refractivity contribution in [3.05, 3.63) is 70.3 Å². The zero-order chi connectivity index (χ0) is 18.4. The number of aryl methyl sites for hydroxylation is 3. The summed E-state index contributed by atoms with van der Waals surface area (Å²) in [7, 11) is 0. The number of carbonyl (C=O) groups is 2. The van der Waals surface area contributed by atoms with Crippen molar-refractivity contribution in [2.75, 3.05) is 6.61 Å². The summed E-state index contributed by atoms with van der Waals surface area (Å²) in [6.07, 6.45) is -0.916. The van der Waals surface area contributed by atoms with Gasteiger partial charge in [-0.2, -0.15) is 0 Å². The molecule has 0 aromatic heterocycles. The Hall–Kier alpha value is -2.62. The van der Waals surface area contributed by atoms with Crippen molar-refractivity contribution in [1.82, 2.24) is 0 Å². The zero-order valence-corrected chi connectivity index (χ0v) is 15.2. The van der Waals surface area contributed by atoms with Crippen LogP contribution in [0.25, 0.3) is 0 Å². The minimum atomic E-state index is -1.04. The van der Waals surface area contributed by atoms with Gasteiger partial charge >= 0.3 is 11.9 Å². The standard InChI is InChI=1S/C21H24O4/c1-5-24-21(23)20(17-9-7-6-8-10-17)25-19(22)13-18-15(3)11-14(2)12-16(18)4/h6-12,20H,5,13H2,1-4H3. The lowest BCUT2D eigenvalue weighted by Gasteiger charge is -2.18. The molecule has 0 bridgehead atoms. The maximum atomic E-state index is 12.5. The fraction of sp³-hybridized carbons (Fsp3) is 0.333. The van der Waals surface area contributed by atoms with Crippen LogP contribution in [-0.2, 0) is 25.5 Å². The number of benzene rings is 2. The highest BCUT2D eigenvalue weighted by atomic mass is 16.6. The first-order chi connectivity index (χ1) is 11.9. The second-order valence-corrected chi connectivity index (χ2v) is 6.09. The van der Waals surface area contributed by atoms with E-state index in [0.717, 1.165) is 22.3 Å². The van der Waals surface area contributed by atoms with Gasteiger partial charge in [0.05, 0.1) is 13.0 Å². The van der Waals surface area contributed by atoms with Gasteiger partial charge in [-0.3, -0.25) is 4.79 Å². The Labute approximate surface area is 148 Å². The lowest BCUT2D eigenvalue weighted by atomic mass is 9.97. The molecule has 2 aromatic carbocycles. The lowest BCUT2D eigenvalue weighted by molar-refractivity contribution is -0.167. The van der Waals surface area contributed by atoms with E-state index in [1.807, 2.05) is 39.0 Å². The van der Waals surface area contributed by atoms with Crippen molar-refractivity contribution in [1.29, 1.82) is 0 Å². The van der Waals surface area contributed by atoms with Crippen LogP contribution in [0.1, 0.15) is 40.8 Å². The van der Waals surface area contributed by atoms with E-state index in [2.05, 4.69) is 0 Å². The van der Waals surface area contributed by atoms with Crippen molar-refractivity contribution in [2.24, 2.45) is 0 Å². The third kappa shape index (κ3) is 4.92. The van der Waals surface area contributed by atoms with E-state index >= 15 is 0 Å². The first kappa shape index (κ1) is 18.7. The number of carbonyl (C=O) groups excluding carboxylic acids is 2. The summed E-state index contributed by atoms with van der Waals surface area (Å²) in [5.41, 5.74) is 4.78. The SMILES string of the molecule is CCOC(=O)C(OC(=O)Cc1c(C)cc(C)cc1C)c1ccccc1. The summed E-state index contributed by atoms with van der Waals surface area (Å²) < 4.78 is 10.5. The van der Waals surface area contributed by atoms with E-state index in [9.17, 15) is 9.59 Å². The molecule has 0 fully saturated rings. The Bertz CT molecular complexity index is 727. The molecule has 0 aliphatic rings. The molecule has 2 rings (SSSR count). The van der Waals surface area contributed by atoms with Crippen LogP contribution in [0.2, 0.25) is 0 Å². The van der Waals surface area contributed by atoms with Gasteiger partial charge in [0.1, 0.15) is 0 Å². The topological polar surface area (TPSA) is 52.6 Å². The molecular formula is C21H24O4. The molecule has 132 valence electrons. The van der Waals surface area contributed by atoms with Gasteiger partial charge < -0.3 is 9.47 Å². The van der Waals surface area contributed by atoms with Gasteiger partial charge in [0.25, 0.3) is 0 Å². The van der Waals surface area contributed by atoms with E-state index in [-0.39, 0.29) is 13.0 Å². The Balaban J connectivity index is 2.19. The monoisotopic (exact) mass is 340 g/mol. The van der Waals surface area contributed by atoms with Gasteiger partial charge in [0, 0.05) is 5.56 Å². The molecule has 0 saturated heterocycles. The van der Waals surface area contributed by atoms with Gasteiger partial charge in [-0.05, 0) is 44.4 Å². The molecule has 4 heteroatoms. The Morgan fingerprint density at radius 3 is 2.16 bits per heavy atom. The van der Waals surface area contributed by atoms with E-state index in [4.69, 9.17) is 9.47 Å². The number of esters is 2. The Morgan fingerprint density at radius 1 is 1.00 bits per heavy atom. The van der Waals surface area contributed by atoms with Gasteiger partial charge in [-0.1, -0.05) is 48.0 Å². The predicted octanol–water partition coefficient (Wildman–Crippen LogP) is 4.00. The number of rotatable bonds is 6. The van der Waals surface area contributed by atoms with Crippen molar-refractivity contribution in [3.63, 3.8) is 0 Å². The molecule has 0 radical (unpaired) electrons. The largest absolute Gasteiger partial charge is 0.463 e. The molecule has 0 aliphatic heterocycles. The molecule has 0 heterocycles. The van der Waals surface area contributed by atoms with Crippen molar-refractivity contribution < 1.29 is 19.1 Å². The summed E-state index contributed by atoms with van der Waals surface area (Å²) in [5.74, 6) is -1.00. The van der Waals surface area contributed by atoms with Crippen LogP contribution in [0, 0.1) is 20.8 Å². The smallest absolute Gasteiger partial charge is 0.352 e.